The fourth-order valence-corrected chi connectivity index (χ4v) is 4.38. The van der Waals surface area contributed by atoms with E-state index in [2.05, 4.69) is 53.2 Å². The highest BCUT2D eigenvalue weighted by Gasteiger charge is 2.23. The van der Waals surface area contributed by atoms with E-state index in [9.17, 15) is 0 Å². The summed E-state index contributed by atoms with van der Waals surface area (Å²) in [5.74, 6) is 0.899. The van der Waals surface area contributed by atoms with Crippen LogP contribution in [0.4, 0.5) is 0 Å². The van der Waals surface area contributed by atoms with Crippen molar-refractivity contribution in [1.29, 1.82) is 0 Å². The Morgan fingerprint density at radius 2 is 1.90 bits per heavy atom. The second-order valence-corrected chi connectivity index (χ2v) is 7.66. The Morgan fingerprint density at radius 1 is 1.15 bits per heavy atom. The minimum Gasteiger partial charge on any atom is -0.316 e. The lowest BCUT2D eigenvalue weighted by atomic mass is 10.1. The van der Waals surface area contributed by atoms with Crippen LogP contribution < -0.4 is 5.32 Å². The topological polar surface area (TPSA) is 15.3 Å². The van der Waals surface area contributed by atoms with Crippen molar-refractivity contribution in [2.45, 2.75) is 36.3 Å². The first-order chi connectivity index (χ1) is 9.79. The molecule has 1 aromatic carbocycles. The molecule has 1 N–H and O–H groups in total. The zero-order valence-corrected chi connectivity index (χ0v) is 13.3. The molecule has 0 radical (unpaired) electrons. The van der Waals surface area contributed by atoms with Crippen molar-refractivity contribution in [2.75, 3.05) is 32.7 Å². The van der Waals surface area contributed by atoms with Crippen molar-refractivity contribution >= 4 is 11.8 Å². The normalized spacial score (nSPS) is 25.1. The van der Waals surface area contributed by atoms with Gasteiger partial charge in [-0.05, 0) is 70.4 Å². The van der Waals surface area contributed by atoms with Gasteiger partial charge >= 0.3 is 0 Å². The number of aryl methyl sites for hydroxylation is 1. The van der Waals surface area contributed by atoms with E-state index in [1.165, 1.54) is 62.4 Å². The number of likely N-dealkylation sites (tertiary alicyclic amines) is 1. The Kier molecular flexibility index (Phi) is 5.03. The molecule has 2 aliphatic rings. The molecule has 0 amide bonds. The summed E-state index contributed by atoms with van der Waals surface area (Å²) in [4.78, 5) is 4.12. The maximum Gasteiger partial charge on any atom is 0.0119 e. The van der Waals surface area contributed by atoms with Gasteiger partial charge in [-0.15, -0.1) is 11.8 Å². The predicted molar refractivity (Wildman–Crippen MR) is 87.5 cm³/mol. The largest absolute Gasteiger partial charge is 0.316 e. The monoisotopic (exact) mass is 290 g/mol. The second-order valence-electron chi connectivity index (χ2n) is 6.29. The van der Waals surface area contributed by atoms with E-state index in [1.807, 2.05) is 0 Å². The van der Waals surface area contributed by atoms with E-state index in [1.54, 1.807) is 0 Å². The highest BCUT2D eigenvalue weighted by Crippen LogP contribution is 2.30. The fourth-order valence-electron chi connectivity index (χ4n) is 3.25. The van der Waals surface area contributed by atoms with Crippen LogP contribution in [0.5, 0.6) is 0 Å². The number of hydrogen-bond acceptors (Lipinski definition) is 3. The number of rotatable bonds is 4. The molecule has 3 heteroatoms. The molecule has 0 unspecified atom stereocenters. The molecule has 0 aliphatic carbocycles. The third kappa shape index (κ3) is 4.00. The van der Waals surface area contributed by atoms with E-state index in [-0.39, 0.29) is 0 Å². The Morgan fingerprint density at radius 3 is 2.55 bits per heavy atom. The minimum absolute atomic E-state index is 0.815. The molecule has 0 spiro atoms. The molecule has 1 atom stereocenters. The third-order valence-electron chi connectivity index (χ3n) is 4.54. The Hall–Kier alpha value is -0.510. The van der Waals surface area contributed by atoms with Crippen molar-refractivity contribution in [3.63, 3.8) is 0 Å². The van der Waals surface area contributed by atoms with Gasteiger partial charge in [-0.3, -0.25) is 0 Å². The summed E-state index contributed by atoms with van der Waals surface area (Å²) >= 11 is 2.08. The molecule has 2 nitrogen and oxygen atoms in total. The molecule has 1 aromatic rings. The summed E-state index contributed by atoms with van der Waals surface area (Å²) in [6, 6.07) is 9.00. The Balaban J connectivity index is 1.42. The molecular weight excluding hydrogens is 264 g/mol. The van der Waals surface area contributed by atoms with Gasteiger partial charge in [0.05, 0.1) is 0 Å². The summed E-state index contributed by atoms with van der Waals surface area (Å²) in [7, 11) is 0. The lowest BCUT2D eigenvalue weighted by Crippen LogP contribution is -2.38. The average molecular weight is 290 g/mol. The molecule has 110 valence electrons. The van der Waals surface area contributed by atoms with Gasteiger partial charge in [0.25, 0.3) is 0 Å². The Labute approximate surface area is 127 Å². The van der Waals surface area contributed by atoms with Crippen molar-refractivity contribution < 1.29 is 0 Å². The van der Waals surface area contributed by atoms with Crippen molar-refractivity contribution in [2.24, 2.45) is 5.92 Å². The standard InChI is InChI=1S/C17H26N2S/c1-14-2-4-16(5-3-14)20-17-7-10-19(11-8-17)13-15-6-9-18-12-15/h2-5,15,17-18H,6-13H2,1H3/t15-/m1/s1. The van der Waals surface area contributed by atoms with Crippen LogP contribution in [0.1, 0.15) is 24.8 Å². The van der Waals surface area contributed by atoms with Crippen LogP contribution in [-0.2, 0) is 0 Å². The first-order valence-corrected chi connectivity index (χ1v) is 8.84. The SMILES string of the molecule is Cc1ccc(SC2CCN(C[C@@H]3CCNC3)CC2)cc1. The smallest absolute Gasteiger partial charge is 0.0119 e. The zero-order valence-electron chi connectivity index (χ0n) is 12.5. The summed E-state index contributed by atoms with van der Waals surface area (Å²) in [6.45, 7) is 8.52. The molecule has 0 saturated carbocycles. The van der Waals surface area contributed by atoms with Crippen LogP contribution in [0.25, 0.3) is 0 Å². The first-order valence-electron chi connectivity index (χ1n) is 7.96. The number of thioether (sulfide) groups is 1. The number of nitrogens with one attached hydrogen (secondary N) is 1. The molecule has 2 saturated heterocycles. The fraction of sp³-hybridized carbons (Fsp3) is 0.647. The lowest BCUT2D eigenvalue weighted by Gasteiger charge is -2.33. The van der Waals surface area contributed by atoms with E-state index >= 15 is 0 Å². The number of benzene rings is 1. The van der Waals surface area contributed by atoms with Crippen LogP contribution in [-0.4, -0.2) is 42.9 Å². The highest BCUT2D eigenvalue weighted by atomic mass is 32.2. The number of piperidine rings is 1. The molecule has 2 aliphatic heterocycles. The van der Waals surface area contributed by atoms with E-state index in [4.69, 9.17) is 0 Å². The van der Waals surface area contributed by atoms with Crippen LogP contribution in [0.2, 0.25) is 0 Å². The maximum atomic E-state index is 3.48. The quantitative estimate of drug-likeness (QED) is 0.917. The van der Waals surface area contributed by atoms with Crippen molar-refractivity contribution in [3.05, 3.63) is 29.8 Å². The summed E-state index contributed by atoms with van der Waals surface area (Å²) in [5, 5.41) is 4.29. The van der Waals surface area contributed by atoms with Crippen LogP contribution in [0.3, 0.4) is 0 Å². The molecule has 0 aromatic heterocycles. The van der Waals surface area contributed by atoms with E-state index in [0.717, 1.165) is 11.2 Å². The first kappa shape index (κ1) is 14.4. The second kappa shape index (κ2) is 6.97. The number of nitrogens with zero attached hydrogens (tertiary/aromatic N) is 1. The zero-order chi connectivity index (χ0) is 13.8. The summed E-state index contributed by atoms with van der Waals surface area (Å²) in [6.07, 6.45) is 4.06. The van der Waals surface area contributed by atoms with Crippen molar-refractivity contribution in [1.82, 2.24) is 10.2 Å². The van der Waals surface area contributed by atoms with Crippen LogP contribution in [0.15, 0.2) is 29.2 Å². The molecular formula is C17H26N2S. The van der Waals surface area contributed by atoms with Gasteiger partial charge in [0.1, 0.15) is 0 Å². The van der Waals surface area contributed by atoms with E-state index in [0.29, 0.717) is 0 Å². The van der Waals surface area contributed by atoms with E-state index < -0.39 is 0 Å². The highest BCUT2D eigenvalue weighted by molar-refractivity contribution is 8.00. The van der Waals surface area contributed by atoms with Gasteiger partial charge in [0.2, 0.25) is 0 Å². The lowest BCUT2D eigenvalue weighted by molar-refractivity contribution is 0.204. The van der Waals surface area contributed by atoms with Gasteiger partial charge in [0, 0.05) is 16.7 Å². The summed E-state index contributed by atoms with van der Waals surface area (Å²) in [5.41, 5.74) is 1.36. The third-order valence-corrected chi connectivity index (χ3v) is 5.89. The predicted octanol–water partition coefficient (Wildman–Crippen LogP) is 3.16. The average Bonchev–Trinajstić information content (AvgIpc) is 2.96. The molecule has 20 heavy (non-hydrogen) atoms. The Bertz CT molecular complexity index is 404. The maximum absolute atomic E-state index is 3.48. The molecule has 2 heterocycles. The summed E-state index contributed by atoms with van der Waals surface area (Å²) < 4.78 is 0. The van der Waals surface area contributed by atoms with Gasteiger partial charge in [0.15, 0.2) is 0 Å². The van der Waals surface area contributed by atoms with Gasteiger partial charge < -0.3 is 10.2 Å². The van der Waals surface area contributed by atoms with Gasteiger partial charge in [-0.1, -0.05) is 17.7 Å². The molecule has 2 fully saturated rings. The van der Waals surface area contributed by atoms with Crippen LogP contribution >= 0.6 is 11.8 Å². The van der Waals surface area contributed by atoms with Gasteiger partial charge in [-0.25, -0.2) is 0 Å². The number of hydrogen-bond donors (Lipinski definition) is 1. The van der Waals surface area contributed by atoms with Gasteiger partial charge in [-0.2, -0.15) is 0 Å². The minimum atomic E-state index is 0.815. The van der Waals surface area contributed by atoms with Crippen LogP contribution in [0, 0.1) is 12.8 Å². The molecule has 3 rings (SSSR count). The van der Waals surface area contributed by atoms with Crippen molar-refractivity contribution in [3.8, 4) is 0 Å². The molecule has 0 bridgehead atoms.